The van der Waals surface area contributed by atoms with Crippen LogP contribution in [0.4, 0.5) is 15.9 Å². The average Bonchev–Trinajstić information content (AvgIpc) is 3.73. The Morgan fingerprint density at radius 3 is 2.73 bits per heavy atom. The lowest BCUT2D eigenvalue weighted by Crippen LogP contribution is -2.53. The highest BCUT2D eigenvalue weighted by atomic mass is 35.5. The molecule has 2 fully saturated rings. The summed E-state index contributed by atoms with van der Waals surface area (Å²) in [7, 11) is 1.18. The zero-order valence-corrected chi connectivity index (χ0v) is 24.9. The molecule has 1 saturated carbocycles. The van der Waals surface area contributed by atoms with Crippen LogP contribution in [0, 0.1) is 21.8 Å². The number of rotatable bonds is 9. The van der Waals surface area contributed by atoms with Crippen LogP contribution in [-0.2, 0) is 21.6 Å². The lowest BCUT2D eigenvalue weighted by atomic mass is 9.73. The van der Waals surface area contributed by atoms with E-state index in [4.69, 9.17) is 27.9 Å². The van der Waals surface area contributed by atoms with Gasteiger partial charge in [-0.25, -0.2) is 14.2 Å². The first-order valence-corrected chi connectivity index (χ1v) is 14.8. The third kappa shape index (κ3) is 4.90. The van der Waals surface area contributed by atoms with Gasteiger partial charge in [0, 0.05) is 42.2 Å². The van der Waals surface area contributed by atoms with Gasteiger partial charge in [0.25, 0.3) is 11.6 Å². The number of nitro groups is 1. The topological polar surface area (TPSA) is 147 Å². The van der Waals surface area contributed by atoms with Crippen LogP contribution in [0.15, 0.2) is 48.5 Å². The van der Waals surface area contributed by atoms with Crippen molar-refractivity contribution >= 4 is 46.6 Å². The minimum absolute atomic E-state index is 0.0101. The normalized spacial score (nSPS) is 24.4. The maximum Gasteiger partial charge on any atom is 0.338 e. The summed E-state index contributed by atoms with van der Waals surface area (Å²) in [5.41, 5.74) is -0.975. The van der Waals surface area contributed by atoms with Crippen LogP contribution in [-0.4, -0.2) is 64.1 Å². The molecule has 2 aromatic carbocycles. The molecule has 1 spiro atoms. The molecule has 6 rings (SSSR count). The van der Waals surface area contributed by atoms with E-state index < -0.39 is 52.8 Å². The predicted octanol–water partition coefficient (Wildman–Crippen LogP) is 4.40. The van der Waals surface area contributed by atoms with Crippen molar-refractivity contribution in [2.45, 2.75) is 42.9 Å². The molecule has 3 aromatic rings. The minimum Gasteiger partial charge on any atom is -0.465 e. The largest absolute Gasteiger partial charge is 0.465 e. The molecule has 1 unspecified atom stereocenters. The summed E-state index contributed by atoms with van der Waals surface area (Å²) in [4.78, 5) is 44.0. The minimum atomic E-state index is -1.52. The van der Waals surface area contributed by atoms with E-state index in [1.807, 2.05) is 4.90 Å². The van der Waals surface area contributed by atoms with Crippen molar-refractivity contribution in [3.63, 3.8) is 0 Å². The molecule has 230 valence electrons. The van der Waals surface area contributed by atoms with Gasteiger partial charge >= 0.3 is 5.97 Å². The number of hydrogen-bond donors (Lipinski definition) is 3. The van der Waals surface area contributed by atoms with Gasteiger partial charge in [0.15, 0.2) is 0 Å². The molecule has 0 bridgehead atoms. The van der Waals surface area contributed by atoms with Crippen molar-refractivity contribution < 1.29 is 28.7 Å². The number of aliphatic hydroxyl groups excluding tert-OH is 1. The highest BCUT2D eigenvalue weighted by Crippen LogP contribution is 2.58. The number of carbonyl (C=O) groups excluding carboxylic acids is 2. The van der Waals surface area contributed by atoms with E-state index in [-0.39, 0.29) is 50.8 Å². The summed E-state index contributed by atoms with van der Waals surface area (Å²) in [6.07, 6.45) is 1.87. The second kappa shape index (κ2) is 11.7. The number of aromatic nitrogens is 1. The molecule has 1 saturated heterocycles. The molecule has 1 aromatic heterocycles. The first-order valence-electron chi connectivity index (χ1n) is 14.0. The van der Waals surface area contributed by atoms with Crippen molar-refractivity contribution in [2.24, 2.45) is 5.92 Å². The standard InChI is InChI=1S/C30H28Cl2FN5O6/c1-44-28(40)16-7-8-17(21(11-16)38(42)43)12-34-26-22(14-39)37(13-15-5-6-15)30(24(26)18-3-2-4-20(31)25(18)33)19-9-10-23(32)35-27(19)36-29(30)41/h2-4,7-11,15,22,24,26,34,39H,5-6,12-14H2,1H3,(H,35,36,41)/t22-,24-,26?,30+/m0/s1. The van der Waals surface area contributed by atoms with Gasteiger partial charge in [0.05, 0.1) is 35.3 Å². The Kier molecular flexibility index (Phi) is 8.05. The summed E-state index contributed by atoms with van der Waals surface area (Å²) in [5, 5.41) is 29.1. The molecule has 1 aliphatic carbocycles. The van der Waals surface area contributed by atoms with E-state index in [9.17, 15) is 24.8 Å². The Balaban J connectivity index is 1.51. The number of fused-ring (bicyclic) bond motifs is 2. The van der Waals surface area contributed by atoms with Crippen LogP contribution in [0.1, 0.15) is 45.8 Å². The highest BCUT2D eigenvalue weighted by molar-refractivity contribution is 6.31. The molecule has 2 aliphatic heterocycles. The summed E-state index contributed by atoms with van der Waals surface area (Å²) in [6.45, 7) is -0.0678. The lowest BCUT2D eigenvalue weighted by Gasteiger charge is -2.39. The van der Waals surface area contributed by atoms with Crippen LogP contribution in [0.2, 0.25) is 10.2 Å². The Morgan fingerprint density at radius 1 is 1.27 bits per heavy atom. The smallest absolute Gasteiger partial charge is 0.338 e. The summed E-state index contributed by atoms with van der Waals surface area (Å²) < 4.78 is 20.7. The number of aliphatic hydroxyl groups is 1. The van der Waals surface area contributed by atoms with Crippen molar-refractivity contribution in [2.75, 3.05) is 25.6 Å². The predicted molar refractivity (Wildman–Crippen MR) is 159 cm³/mol. The third-order valence-corrected chi connectivity index (χ3v) is 9.32. The molecule has 44 heavy (non-hydrogen) atoms. The number of carbonyl (C=O) groups is 2. The molecule has 3 heterocycles. The van der Waals surface area contributed by atoms with Crippen LogP contribution in [0.25, 0.3) is 0 Å². The molecule has 0 radical (unpaired) electrons. The van der Waals surface area contributed by atoms with Crippen LogP contribution < -0.4 is 10.6 Å². The molecule has 14 heteroatoms. The van der Waals surface area contributed by atoms with Crippen molar-refractivity contribution in [1.29, 1.82) is 0 Å². The summed E-state index contributed by atoms with van der Waals surface area (Å²) in [6, 6.07) is 10.3. The number of likely N-dealkylation sites (tertiary alicyclic amines) is 1. The number of nitrogens with one attached hydrogen (secondary N) is 2. The number of esters is 1. The van der Waals surface area contributed by atoms with Crippen molar-refractivity contribution in [3.05, 3.63) is 96.9 Å². The van der Waals surface area contributed by atoms with Crippen molar-refractivity contribution in [3.8, 4) is 0 Å². The maximum absolute atomic E-state index is 16.0. The van der Waals surface area contributed by atoms with Gasteiger partial charge in [-0.15, -0.1) is 0 Å². The number of methoxy groups -OCH3 is 1. The Bertz CT molecular complexity index is 1670. The van der Waals surface area contributed by atoms with Crippen LogP contribution in [0.5, 0.6) is 0 Å². The Hall–Kier alpha value is -3.68. The van der Waals surface area contributed by atoms with E-state index in [2.05, 4.69) is 15.6 Å². The zero-order chi connectivity index (χ0) is 31.3. The fourth-order valence-corrected chi connectivity index (χ4v) is 7.06. The molecule has 3 aliphatic rings. The number of pyridine rings is 1. The molecular formula is C30H28Cl2FN5O6. The first-order chi connectivity index (χ1) is 21.1. The average molecular weight is 644 g/mol. The van der Waals surface area contributed by atoms with Crippen LogP contribution in [0.3, 0.4) is 0 Å². The molecule has 3 N–H and O–H groups in total. The number of ether oxygens (including phenoxy) is 1. The fraction of sp³-hybridized carbons (Fsp3) is 0.367. The zero-order valence-electron chi connectivity index (χ0n) is 23.4. The van der Waals surface area contributed by atoms with Gasteiger partial charge in [-0.2, -0.15) is 0 Å². The summed E-state index contributed by atoms with van der Waals surface area (Å²) in [5.74, 6) is -2.36. The van der Waals surface area contributed by atoms with Gasteiger partial charge in [-0.3, -0.25) is 19.8 Å². The van der Waals surface area contributed by atoms with Gasteiger partial charge in [0.2, 0.25) is 0 Å². The maximum atomic E-state index is 16.0. The molecule has 4 atom stereocenters. The van der Waals surface area contributed by atoms with E-state index in [0.717, 1.165) is 18.9 Å². The van der Waals surface area contributed by atoms with Gasteiger partial charge in [0.1, 0.15) is 22.3 Å². The van der Waals surface area contributed by atoms with Crippen molar-refractivity contribution in [1.82, 2.24) is 15.2 Å². The van der Waals surface area contributed by atoms with E-state index in [1.165, 1.54) is 25.3 Å². The third-order valence-electron chi connectivity index (χ3n) is 8.81. The summed E-state index contributed by atoms with van der Waals surface area (Å²) >= 11 is 12.5. The molecule has 11 nitrogen and oxygen atoms in total. The van der Waals surface area contributed by atoms with E-state index in [0.29, 0.717) is 12.1 Å². The molecular weight excluding hydrogens is 616 g/mol. The van der Waals surface area contributed by atoms with Gasteiger partial charge in [-0.05, 0) is 48.6 Å². The van der Waals surface area contributed by atoms with E-state index >= 15 is 4.39 Å². The lowest BCUT2D eigenvalue weighted by molar-refractivity contribution is -0.385. The monoisotopic (exact) mass is 643 g/mol. The van der Waals surface area contributed by atoms with Gasteiger partial charge < -0.3 is 20.5 Å². The highest BCUT2D eigenvalue weighted by Gasteiger charge is 2.67. The van der Waals surface area contributed by atoms with E-state index in [1.54, 1.807) is 24.3 Å². The fourth-order valence-electron chi connectivity index (χ4n) is 6.73. The second-order valence-electron chi connectivity index (χ2n) is 11.2. The first kappa shape index (κ1) is 30.4. The Morgan fingerprint density at radius 2 is 2.05 bits per heavy atom. The quantitative estimate of drug-likeness (QED) is 0.134. The van der Waals surface area contributed by atoms with Crippen LogP contribution >= 0.6 is 23.2 Å². The number of anilines is 1. The number of halogens is 3. The number of amides is 1. The number of benzene rings is 2. The number of hydrogen-bond acceptors (Lipinski definition) is 9. The second-order valence-corrected chi connectivity index (χ2v) is 12.0. The number of nitro benzene ring substituents is 1. The van der Waals surface area contributed by atoms with Gasteiger partial charge in [-0.1, -0.05) is 41.4 Å². The SMILES string of the molecule is COC(=O)c1ccc(CNC2[C@H](CO)N(CC3CC3)[C@@]3(C(=O)Nc4nc(Cl)ccc43)[C@H]2c2cccc(Cl)c2F)c([N+](=O)[O-])c1. The number of nitrogens with zero attached hydrogens (tertiary/aromatic N) is 3. The Labute approximate surface area is 261 Å². The molecule has 1 amide bonds.